The van der Waals surface area contributed by atoms with Crippen molar-refractivity contribution >= 4 is 23.6 Å². The summed E-state index contributed by atoms with van der Waals surface area (Å²) in [4.78, 5) is 11.2. The van der Waals surface area contributed by atoms with Gasteiger partial charge in [-0.2, -0.15) is 0 Å². The summed E-state index contributed by atoms with van der Waals surface area (Å²) in [6, 6.07) is 7.45. The number of carbonyl (C=O) groups excluding carboxylic acids is 1. The topological polar surface area (TPSA) is 29.1 Å². The first-order valence-corrected chi connectivity index (χ1v) is 4.88. The molecular weight excluding hydrogens is 198 g/mol. The van der Waals surface area contributed by atoms with Crippen LogP contribution < -0.4 is 5.32 Å². The standard InChI is InChI=1S/C11H10ClNO/c12-10-3-1-8(2-4-10)7-9-5-6-13-11(9)14/h1-4,7H,5-6H2,(H,13,14)/b9-7+. The number of carbonyl (C=O) groups is 1. The van der Waals surface area contributed by atoms with Crippen LogP contribution in [0.1, 0.15) is 12.0 Å². The molecule has 1 heterocycles. The highest BCUT2D eigenvalue weighted by Gasteiger charge is 2.15. The van der Waals surface area contributed by atoms with Gasteiger partial charge < -0.3 is 5.32 Å². The maximum Gasteiger partial charge on any atom is 0.247 e. The first-order chi connectivity index (χ1) is 6.75. The van der Waals surface area contributed by atoms with Crippen LogP contribution in [0.3, 0.4) is 0 Å². The Kier molecular flexibility index (Phi) is 2.55. The SMILES string of the molecule is O=C1NCC/C1=C\c1ccc(Cl)cc1. The molecule has 1 aliphatic rings. The number of nitrogens with one attached hydrogen (secondary N) is 1. The van der Waals surface area contributed by atoms with Crippen molar-refractivity contribution in [2.45, 2.75) is 6.42 Å². The Morgan fingerprint density at radius 3 is 2.57 bits per heavy atom. The fraction of sp³-hybridized carbons (Fsp3) is 0.182. The molecular formula is C11H10ClNO. The van der Waals surface area contributed by atoms with Gasteiger partial charge in [-0.15, -0.1) is 0 Å². The van der Waals surface area contributed by atoms with Crippen LogP contribution in [0.4, 0.5) is 0 Å². The summed E-state index contributed by atoms with van der Waals surface area (Å²) in [7, 11) is 0. The van der Waals surface area contributed by atoms with Crippen molar-refractivity contribution in [3.8, 4) is 0 Å². The van der Waals surface area contributed by atoms with E-state index >= 15 is 0 Å². The van der Waals surface area contributed by atoms with Gasteiger partial charge in [0.15, 0.2) is 0 Å². The molecule has 3 heteroatoms. The summed E-state index contributed by atoms with van der Waals surface area (Å²) in [6.07, 6.45) is 2.71. The smallest absolute Gasteiger partial charge is 0.247 e. The molecule has 0 unspecified atom stereocenters. The van der Waals surface area contributed by atoms with Gasteiger partial charge in [0, 0.05) is 17.1 Å². The Morgan fingerprint density at radius 2 is 2.00 bits per heavy atom. The average molecular weight is 208 g/mol. The van der Waals surface area contributed by atoms with E-state index in [0.717, 1.165) is 24.1 Å². The van der Waals surface area contributed by atoms with E-state index in [9.17, 15) is 4.79 Å². The summed E-state index contributed by atoms with van der Waals surface area (Å²) in [6.45, 7) is 0.748. The number of halogens is 1. The van der Waals surface area contributed by atoms with Crippen molar-refractivity contribution in [2.24, 2.45) is 0 Å². The van der Waals surface area contributed by atoms with E-state index in [1.807, 2.05) is 30.3 Å². The number of rotatable bonds is 1. The maximum absolute atomic E-state index is 11.2. The van der Waals surface area contributed by atoms with E-state index in [0.29, 0.717) is 5.02 Å². The summed E-state index contributed by atoms with van der Waals surface area (Å²) < 4.78 is 0. The largest absolute Gasteiger partial charge is 0.352 e. The predicted molar refractivity (Wildman–Crippen MR) is 57.1 cm³/mol. The highest BCUT2D eigenvalue weighted by atomic mass is 35.5. The molecule has 0 radical (unpaired) electrons. The minimum absolute atomic E-state index is 0.0416. The zero-order valence-electron chi connectivity index (χ0n) is 7.59. The molecule has 1 fully saturated rings. The monoisotopic (exact) mass is 207 g/mol. The molecule has 1 amide bonds. The summed E-state index contributed by atoms with van der Waals surface area (Å²) in [5, 5.41) is 3.48. The van der Waals surface area contributed by atoms with Crippen LogP contribution in [0, 0.1) is 0 Å². The molecule has 14 heavy (non-hydrogen) atoms. The van der Waals surface area contributed by atoms with Crippen molar-refractivity contribution in [3.63, 3.8) is 0 Å². The van der Waals surface area contributed by atoms with Crippen molar-refractivity contribution in [3.05, 3.63) is 40.4 Å². The third-order valence-corrected chi connectivity index (χ3v) is 2.43. The van der Waals surface area contributed by atoms with Gasteiger partial charge in [-0.1, -0.05) is 23.7 Å². The molecule has 0 atom stereocenters. The summed E-state index contributed by atoms with van der Waals surface area (Å²) in [5.74, 6) is 0.0416. The van der Waals surface area contributed by atoms with Crippen LogP contribution in [-0.2, 0) is 4.79 Å². The van der Waals surface area contributed by atoms with Crippen molar-refractivity contribution in [1.82, 2.24) is 5.32 Å². The lowest BCUT2D eigenvalue weighted by atomic mass is 10.1. The Labute approximate surface area is 87.6 Å². The molecule has 1 N–H and O–H groups in total. The fourth-order valence-electron chi connectivity index (χ4n) is 1.44. The van der Waals surface area contributed by atoms with Crippen molar-refractivity contribution in [2.75, 3.05) is 6.54 Å². The normalized spacial score (nSPS) is 18.6. The first kappa shape index (κ1) is 9.28. The second-order valence-electron chi connectivity index (χ2n) is 3.23. The first-order valence-electron chi connectivity index (χ1n) is 4.50. The highest BCUT2D eigenvalue weighted by molar-refractivity contribution is 6.30. The molecule has 0 saturated carbocycles. The van der Waals surface area contributed by atoms with Gasteiger partial charge in [0.05, 0.1) is 0 Å². The minimum Gasteiger partial charge on any atom is -0.352 e. The molecule has 0 bridgehead atoms. The van der Waals surface area contributed by atoms with Crippen LogP contribution in [-0.4, -0.2) is 12.5 Å². The number of amides is 1. The zero-order valence-corrected chi connectivity index (χ0v) is 8.34. The van der Waals surface area contributed by atoms with Gasteiger partial charge in [-0.25, -0.2) is 0 Å². The quantitative estimate of drug-likeness (QED) is 0.704. The average Bonchev–Trinajstić information content (AvgIpc) is 2.56. The molecule has 1 saturated heterocycles. The Bertz CT molecular complexity index is 381. The van der Waals surface area contributed by atoms with E-state index in [1.165, 1.54) is 0 Å². The Balaban J connectivity index is 2.24. The van der Waals surface area contributed by atoms with Crippen LogP contribution in [0.15, 0.2) is 29.8 Å². The fourth-order valence-corrected chi connectivity index (χ4v) is 1.56. The molecule has 0 spiro atoms. The van der Waals surface area contributed by atoms with E-state index in [-0.39, 0.29) is 5.91 Å². The highest BCUT2D eigenvalue weighted by Crippen LogP contribution is 2.15. The van der Waals surface area contributed by atoms with Gasteiger partial charge in [-0.3, -0.25) is 4.79 Å². The van der Waals surface area contributed by atoms with Crippen LogP contribution >= 0.6 is 11.6 Å². The molecule has 0 aliphatic carbocycles. The predicted octanol–water partition coefficient (Wildman–Crippen LogP) is 2.24. The number of hydrogen-bond donors (Lipinski definition) is 1. The molecule has 2 nitrogen and oxygen atoms in total. The molecule has 1 aliphatic heterocycles. The lowest BCUT2D eigenvalue weighted by molar-refractivity contribution is -0.116. The summed E-state index contributed by atoms with van der Waals surface area (Å²) >= 11 is 5.76. The van der Waals surface area contributed by atoms with Gasteiger partial charge in [0.2, 0.25) is 5.91 Å². The Morgan fingerprint density at radius 1 is 1.29 bits per heavy atom. The summed E-state index contributed by atoms with van der Waals surface area (Å²) in [5.41, 5.74) is 1.86. The van der Waals surface area contributed by atoms with Gasteiger partial charge in [0.25, 0.3) is 0 Å². The van der Waals surface area contributed by atoms with Crippen LogP contribution in [0.25, 0.3) is 6.08 Å². The number of benzene rings is 1. The second kappa shape index (κ2) is 3.84. The third kappa shape index (κ3) is 1.96. The molecule has 2 rings (SSSR count). The van der Waals surface area contributed by atoms with E-state index in [2.05, 4.69) is 5.32 Å². The third-order valence-electron chi connectivity index (χ3n) is 2.18. The van der Waals surface area contributed by atoms with Crippen molar-refractivity contribution < 1.29 is 4.79 Å². The second-order valence-corrected chi connectivity index (χ2v) is 3.66. The molecule has 1 aromatic carbocycles. The van der Waals surface area contributed by atoms with Gasteiger partial charge in [0.1, 0.15) is 0 Å². The van der Waals surface area contributed by atoms with E-state index in [1.54, 1.807) is 0 Å². The van der Waals surface area contributed by atoms with Crippen molar-refractivity contribution in [1.29, 1.82) is 0 Å². The lowest BCUT2D eigenvalue weighted by Crippen LogP contribution is -2.13. The van der Waals surface area contributed by atoms with Gasteiger partial charge in [-0.05, 0) is 30.2 Å². The molecule has 0 aromatic heterocycles. The van der Waals surface area contributed by atoms with E-state index < -0.39 is 0 Å². The number of hydrogen-bond acceptors (Lipinski definition) is 1. The minimum atomic E-state index is 0.0416. The lowest BCUT2D eigenvalue weighted by Gasteiger charge is -1.95. The van der Waals surface area contributed by atoms with Crippen LogP contribution in [0.5, 0.6) is 0 Å². The van der Waals surface area contributed by atoms with Gasteiger partial charge >= 0.3 is 0 Å². The molecule has 1 aromatic rings. The Hall–Kier alpha value is -1.28. The van der Waals surface area contributed by atoms with E-state index in [4.69, 9.17) is 11.6 Å². The molecule has 72 valence electrons. The van der Waals surface area contributed by atoms with Crippen LogP contribution in [0.2, 0.25) is 5.02 Å². The zero-order chi connectivity index (χ0) is 9.97. The maximum atomic E-state index is 11.2.